The van der Waals surface area contributed by atoms with Gasteiger partial charge in [-0.15, -0.1) is 0 Å². The molecule has 4 aromatic rings. The molecule has 0 aliphatic heterocycles. The van der Waals surface area contributed by atoms with E-state index in [4.69, 9.17) is 14.5 Å². The van der Waals surface area contributed by atoms with Crippen LogP contribution in [0, 0.1) is 5.82 Å². The molecule has 1 heterocycles. The van der Waals surface area contributed by atoms with Crippen molar-refractivity contribution in [3.05, 3.63) is 98.3 Å². The average molecular weight is 564 g/mol. The van der Waals surface area contributed by atoms with Crippen LogP contribution in [-0.2, 0) is 6.61 Å². The molecule has 37 heavy (non-hydrogen) atoms. The van der Waals surface area contributed by atoms with Gasteiger partial charge in [0.2, 0.25) is 0 Å². The predicted octanol–water partition coefficient (Wildman–Crippen LogP) is 6.82. The molecule has 1 aliphatic carbocycles. The van der Waals surface area contributed by atoms with Gasteiger partial charge in [0.25, 0.3) is 5.56 Å². The second kappa shape index (κ2) is 11.3. The van der Waals surface area contributed by atoms with E-state index >= 15 is 0 Å². The highest BCUT2D eigenvalue weighted by Gasteiger charge is 2.22. The van der Waals surface area contributed by atoms with E-state index in [1.54, 1.807) is 36.5 Å². The van der Waals surface area contributed by atoms with Gasteiger partial charge >= 0.3 is 0 Å². The number of nitrogens with zero attached hydrogens (tertiary/aromatic N) is 3. The largest absolute Gasteiger partial charge is 0.493 e. The van der Waals surface area contributed by atoms with E-state index < -0.39 is 0 Å². The fourth-order valence-corrected chi connectivity index (χ4v) is 5.21. The second-order valence-corrected chi connectivity index (χ2v) is 10.0. The first-order chi connectivity index (χ1) is 18.0. The minimum absolute atomic E-state index is 0.0102. The van der Waals surface area contributed by atoms with Gasteiger partial charge in [-0.2, -0.15) is 9.78 Å². The van der Waals surface area contributed by atoms with Crippen molar-refractivity contribution < 1.29 is 13.9 Å². The molecule has 0 saturated heterocycles. The van der Waals surface area contributed by atoms with Gasteiger partial charge in [0.1, 0.15) is 18.2 Å². The van der Waals surface area contributed by atoms with Crippen molar-refractivity contribution >= 4 is 33.0 Å². The van der Waals surface area contributed by atoms with Crippen molar-refractivity contribution in [2.45, 2.75) is 44.6 Å². The van der Waals surface area contributed by atoms with Crippen molar-refractivity contribution in [2.75, 3.05) is 7.11 Å². The molecule has 0 spiro atoms. The highest BCUT2D eigenvalue weighted by atomic mass is 79.9. The Morgan fingerprint density at radius 1 is 1.11 bits per heavy atom. The molecule has 6 nitrogen and oxygen atoms in total. The van der Waals surface area contributed by atoms with E-state index in [2.05, 4.69) is 21.0 Å². The molecule has 1 aliphatic rings. The quantitative estimate of drug-likeness (QED) is 0.231. The van der Waals surface area contributed by atoms with Crippen LogP contribution in [0.4, 0.5) is 4.39 Å². The Morgan fingerprint density at radius 3 is 2.65 bits per heavy atom. The summed E-state index contributed by atoms with van der Waals surface area (Å²) in [6, 6.07) is 17.4. The second-order valence-electron chi connectivity index (χ2n) is 9.09. The first-order valence-corrected chi connectivity index (χ1v) is 13.1. The third-order valence-corrected chi connectivity index (χ3v) is 7.12. The number of rotatable bonds is 7. The predicted molar refractivity (Wildman–Crippen MR) is 146 cm³/mol. The lowest BCUT2D eigenvalue weighted by Crippen LogP contribution is -2.25. The molecule has 8 heteroatoms. The summed E-state index contributed by atoms with van der Waals surface area (Å²) in [6.07, 6.45) is 6.93. The number of para-hydroxylation sites is 1. The Labute approximate surface area is 222 Å². The van der Waals surface area contributed by atoms with Gasteiger partial charge in [0.15, 0.2) is 11.5 Å². The smallest absolute Gasteiger partial charge is 0.282 e. The van der Waals surface area contributed by atoms with Crippen molar-refractivity contribution in [3.63, 3.8) is 0 Å². The van der Waals surface area contributed by atoms with Crippen LogP contribution in [0.15, 0.2) is 75.0 Å². The van der Waals surface area contributed by atoms with Gasteiger partial charge in [0.05, 0.1) is 24.2 Å². The Kier molecular flexibility index (Phi) is 7.65. The topological polar surface area (TPSA) is 65.7 Å². The van der Waals surface area contributed by atoms with Crippen molar-refractivity contribution in [3.8, 4) is 11.5 Å². The van der Waals surface area contributed by atoms with E-state index in [9.17, 15) is 9.18 Å². The molecule has 3 aromatic carbocycles. The molecule has 190 valence electrons. The van der Waals surface area contributed by atoms with Crippen LogP contribution in [0.5, 0.6) is 11.5 Å². The highest BCUT2D eigenvalue weighted by Crippen LogP contribution is 2.35. The summed E-state index contributed by atoms with van der Waals surface area (Å²) in [5, 5.41) is 5.15. The SMILES string of the molecule is COc1cc(Br)cc(C=Nn2c(C3CCCCC3)nc3ccccc3c2=O)c1OCc1ccccc1F. The van der Waals surface area contributed by atoms with Crippen molar-refractivity contribution in [1.82, 2.24) is 9.66 Å². The monoisotopic (exact) mass is 563 g/mol. The lowest BCUT2D eigenvalue weighted by molar-refractivity contribution is 0.279. The van der Waals surface area contributed by atoms with Gasteiger partial charge in [-0.05, 0) is 43.2 Å². The fraction of sp³-hybridized carbons (Fsp3) is 0.276. The first-order valence-electron chi connectivity index (χ1n) is 12.3. The molecule has 0 radical (unpaired) electrons. The molecule has 0 N–H and O–H groups in total. The normalized spacial score (nSPS) is 14.4. The van der Waals surface area contributed by atoms with Gasteiger partial charge in [-0.3, -0.25) is 4.79 Å². The van der Waals surface area contributed by atoms with Crippen LogP contribution in [0.3, 0.4) is 0 Å². The number of fused-ring (bicyclic) bond motifs is 1. The molecule has 0 atom stereocenters. The summed E-state index contributed by atoms with van der Waals surface area (Å²) in [5.74, 6) is 1.36. The summed E-state index contributed by atoms with van der Waals surface area (Å²) in [5.41, 5.74) is 1.47. The summed E-state index contributed by atoms with van der Waals surface area (Å²) in [6.45, 7) is 0.0102. The Bertz CT molecular complexity index is 1510. The number of hydrogen-bond acceptors (Lipinski definition) is 5. The van der Waals surface area contributed by atoms with Gasteiger partial charge < -0.3 is 9.47 Å². The average Bonchev–Trinajstić information content (AvgIpc) is 2.92. The zero-order valence-electron chi connectivity index (χ0n) is 20.5. The molecular formula is C29H27BrFN3O3. The molecule has 1 saturated carbocycles. The Hall–Kier alpha value is -3.52. The molecule has 0 bridgehead atoms. The number of hydrogen-bond donors (Lipinski definition) is 0. The Balaban J connectivity index is 1.58. The van der Waals surface area contributed by atoms with Crippen molar-refractivity contribution in [2.24, 2.45) is 5.10 Å². The molecule has 0 amide bonds. The van der Waals surface area contributed by atoms with Gasteiger partial charge in [-0.1, -0.05) is 65.5 Å². The maximum absolute atomic E-state index is 14.2. The number of benzene rings is 3. The summed E-state index contributed by atoms with van der Waals surface area (Å²) >= 11 is 3.51. The standard InChI is InChI=1S/C29H27BrFN3O3/c1-36-26-16-22(30)15-21(27(26)37-18-20-11-5-7-13-24(20)31)17-32-34-28(19-9-3-2-4-10-19)33-25-14-8-6-12-23(25)29(34)35/h5-8,11-17,19H,2-4,9-10,18H2,1H3. The van der Waals surface area contributed by atoms with E-state index in [-0.39, 0.29) is 23.9 Å². The zero-order valence-corrected chi connectivity index (χ0v) is 22.1. The first kappa shape index (κ1) is 25.1. The maximum Gasteiger partial charge on any atom is 0.282 e. The summed E-state index contributed by atoms with van der Waals surface area (Å²) in [4.78, 5) is 18.4. The van der Waals surface area contributed by atoms with Crippen LogP contribution >= 0.6 is 15.9 Å². The third kappa shape index (κ3) is 5.44. The van der Waals surface area contributed by atoms with Crippen LogP contribution < -0.4 is 15.0 Å². The van der Waals surface area contributed by atoms with E-state index in [0.717, 1.165) is 30.2 Å². The minimum atomic E-state index is -0.347. The van der Waals surface area contributed by atoms with Crippen molar-refractivity contribution in [1.29, 1.82) is 0 Å². The van der Waals surface area contributed by atoms with Crippen LogP contribution in [0.25, 0.3) is 10.9 Å². The molecule has 1 fully saturated rings. The molecule has 0 unspecified atom stereocenters. The summed E-state index contributed by atoms with van der Waals surface area (Å²) < 4.78 is 28.0. The maximum atomic E-state index is 14.2. The minimum Gasteiger partial charge on any atom is -0.493 e. The third-order valence-electron chi connectivity index (χ3n) is 6.66. The molecule has 1 aromatic heterocycles. The zero-order chi connectivity index (χ0) is 25.8. The van der Waals surface area contributed by atoms with Gasteiger partial charge in [-0.25, -0.2) is 9.37 Å². The number of methoxy groups -OCH3 is 1. The highest BCUT2D eigenvalue weighted by molar-refractivity contribution is 9.10. The van der Waals surface area contributed by atoms with Gasteiger partial charge in [0, 0.05) is 21.5 Å². The van der Waals surface area contributed by atoms with Crippen LogP contribution in [0.1, 0.15) is 55.0 Å². The fourth-order valence-electron chi connectivity index (χ4n) is 4.75. The molecule has 5 rings (SSSR count). The van der Waals surface area contributed by atoms with Crippen LogP contribution in [-0.4, -0.2) is 23.0 Å². The van der Waals surface area contributed by atoms with E-state index in [0.29, 0.717) is 39.4 Å². The molecular weight excluding hydrogens is 537 g/mol. The lowest BCUT2D eigenvalue weighted by atomic mass is 9.88. The number of ether oxygens (including phenoxy) is 2. The van der Waals surface area contributed by atoms with E-state index in [1.165, 1.54) is 24.3 Å². The number of halogens is 2. The van der Waals surface area contributed by atoms with Crippen LogP contribution in [0.2, 0.25) is 0 Å². The number of aromatic nitrogens is 2. The lowest BCUT2D eigenvalue weighted by Gasteiger charge is -2.22. The van der Waals surface area contributed by atoms with E-state index in [1.807, 2.05) is 24.3 Å². The Morgan fingerprint density at radius 2 is 1.86 bits per heavy atom. The summed E-state index contributed by atoms with van der Waals surface area (Å²) in [7, 11) is 1.54.